The Morgan fingerprint density at radius 3 is 2.81 bits per heavy atom. The maximum absolute atomic E-state index is 13.5. The molecule has 0 amide bonds. The van der Waals surface area contributed by atoms with Gasteiger partial charge in [-0.1, -0.05) is 11.6 Å². The fraction of sp³-hybridized carbons (Fsp3) is 0.417. The average molecular weight is 243 g/mol. The molecule has 86 valence electrons. The van der Waals surface area contributed by atoms with Crippen LogP contribution < -0.4 is 0 Å². The monoisotopic (exact) mass is 242 g/mol. The lowest BCUT2D eigenvalue weighted by atomic mass is 10.0. The first-order valence-electron chi connectivity index (χ1n) is 5.22. The molecule has 1 aromatic rings. The number of ether oxygens (including phenoxy) is 1. The zero-order chi connectivity index (χ0) is 11.7. The van der Waals surface area contributed by atoms with Crippen LogP contribution in [0.5, 0.6) is 0 Å². The Morgan fingerprint density at radius 2 is 2.25 bits per heavy atom. The van der Waals surface area contributed by atoms with E-state index in [1.54, 1.807) is 0 Å². The molecule has 2 atom stereocenters. The van der Waals surface area contributed by atoms with E-state index in [-0.39, 0.29) is 22.5 Å². The van der Waals surface area contributed by atoms with Gasteiger partial charge >= 0.3 is 0 Å². The number of Topliss-reactive ketones (excluding diaryl/α,β-unsaturated/α-hetero) is 1. The SMILES string of the molecule is CC1CCC(C(=O)c2ccc(Cl)cc2F)O1. The molecule has 1 aliphatic heterocycles. The maximum Gasteiger partial charge on any atom is 0.194 e. The highest BCUT2D eigenvalue weighted by Gasteiger charge is 2.30. The van der Waals surface area contributed by atoms with Crippen molar-refractivity contribution in [2.24, 2.45) is 0 Å². The minimum absolute atomic E-state index is 0.0588. The molecule has 2 rings (SSSR count). The number of hydrogen-bond donors (Lipinski definition) is 0. The summed E-state index contributed by atoms with van der Waals surface area (Å²) in [6.07, 6.45) is 1.06. The molecule has 1 saturated heterocycles. The first-order chi connectivity index (χ1) is 7.58. The van der Waals surface area contributed by atoms with Gasteiger partial charge in [-0.05, 0) is 38.0 Å². The molecule has 0 saturated carbocycles. The molecule has 1 fully saturated rings. The predicted molar refractivity (Wildman–Crippen MR) is 59.3 cm³/mol. The molecule has 1 heterocycles. The first kappa shape index (κ1) is 11.6. The number of rotatable bonds is 2. The highest BCUT2D eigenvalue weighted by atomic mass is 35.5. The van der Waals surface area contributed by atoms with E-state index in [0.717, 1.165) is 12.5 Å². The lowest BCUT2D eigenvalue weighted by Crippen LogP contribution is -2.21. The summed E-state index contributed by atoms with van der Waals surface area (Å²) in [7, 11) is 0. The van der Waals surface area contributed by atoms with Crippen molar-refractivity contribution in [3.8, 4) is 0 Å². The zero-order valence-corrected chi connectivity index (χ0v) is 9.63. The largest absolute Gasteiger partial charge is 0.367 e. The summed E-state index contributed by atoms with van der Waals surface area (Å²) >= 11 is 5.62. The van der Waals surface area contributed by atoms with E-state index >= 15 is 0 Å². The summed E-state index contributed by atoms with van der Waals surface area (Å²) < 4.78 is 18.9. The topological polar surface area (TPSA) is 26.3 Å². The van der Waals surface area contributed by atoms with E-state index in [1.807, 2.05) is 6.92 Å². The molecule has 1 aromatic carbocycles. The smallest absolute Gasteiger partial charge is 0.194 e. The van der Waals surface area contributed by atoms with Crippen molar-refractivity contribution in [3.63, 3.8) is 0 Å². The lowest BCUT2D eigenvalue weighted by Gasteiger charge is -2.10. The molecule has 0 radical (unpaired) electrons. The van der Waals surface area contributed by atoms with Crippen molar-refractivity contribution >= 4 is 17.4 Å². The van der Waals surface area contributed by atoms with E-state index < -0.39 is 11.9 Å². The van der Waals surface area contributed by atoms with E-state index in [4.69, 9.17) is 16.3 Å². The van der Waals surface area contributed by atoms with Crippen LogP contribution in [0.3, 0.4) is 0 Å². The zero-order valence-electron chi connectivity index (χ0n) is 8.87. The molecular formula is C12H12ClFO2. The van der Waals surface area contributed by atoms with Gasteiger partial charge in [-0.15, -0.1) is 0 Å². The van der Waals surface area contributed by atoms with Crippen molar-refractivity contribution in [1.29, 1.82) is 0 Å². The number of halogens is 2. The molecule has 0 aromatic heterocycles. The third-order valence-electron chi connectivity index (χ3n) is 2.72. The van der Waals surface area contributed by atoms with Gasteiger partial charge in [-0.2, -0.15) is 0 Å². The van der Waals surface area contributed by atoms with Gasteiger partial charge < -0.3 is 4.74 Å². The second-order valence-corrected chi connectivity index (χ2v) is 4.44. The Kier molecular flexibility index (Phi) is 3.26. The summed E-state index contributed by atoms with van der Waals surface area (Å²) in [5.74, 6) is -0.876. The van der Waals surface area contributed by atoms with Crippen LogP contribution in [0.25, 0.3) is 0 Å². The maximum atomic E-state index is 13.5. The van der Waals surface area contributed by atoms with Crippen LogP contribution in [0.2, 0.25) is 5.02 Å². The Morgan fingerprint density at radius 1 is 1.50 bits per heavy atom. The quantitative estimate of drug-likeness (QED) is 0.745. The summed E-state index contributed by atoms with van der Waals surface area (Å²) in [5.41, 5.74) is 0.0588. The Balaban J connectivity index is 2.21. The number of carbonyl (C=O) groups excluding carboxylic acids is 1. The Bertz CT molecular complexity index is 419. The molecule has 1 aliphatic rings. The highest BCUT2D eigenvalue weighted by Crippen LogP contribution is 2.24. The summed E-state index contributed by atoms with van der Waals surface area (Å²) in [6.45, 7) is 1.91. The van der Waals surface area contributed by atoms with Crippen LogP contribution in [0, 0.1) is 5.82 Å². The third kappa shape index (κ3) is 2.25. The van der Waals surface area contributed by atoms with Gasteiger partial charge in [0.25, 0.3) is 0 Å². The van der Waals surface area contributed by atoms with Gasteiger partial charge in [0.15, 0.2) is 5.78 Å². The highest BCUT2D eigenvalue weighted by molar-refractivity contribution is 6.30. The van der Waals surface area contributed by atoms with Crippen LogP contribution in [-0.2, 0) is 4.74 Å². The van der Waals surface area contributed by atoms with Gasteiger partial charge in [0.1, 0.15) is 11.9 Å². The second-order valence-electron chi connectivity index (χ2n) is 4.00. The number of hydrogen-bond acceptors (Lipinski definition) is 2. The average Bonchev–Trinajstić information content (AvgIpc) is 2.64. The van der Waals surface area contributed by atoms with Crippen molar-refractivity contribution in [3.05, 3.63) is 34.6 Å². The molecule has 4 heteroatoms. The minimum atomic E-state index is -0.583. The number of carbonyl (C=O) groups is 1. The summed E-state index contributed by atoms with van der Waals surface area (Å²) in [6, 6.07) is 4.07. The third-order valence-corrected chi connectivity index (χ3v) is 2.96. The van der Waals surface area contributed by atoms with E-state index in [1.165, 1.54) is 12.1 Å². The molecule has 2 unspecified atom stereocenters. The minimum Gasteiger partial charge on any atom is -0.367 e. The van der Waals surface area contributed by atoms with Crippen LogP contribution in [0.4, 0.5) is 4.39 Å². The van der Waals surface area contributed by atoms with Crippen LogP contribution in [-0.4, -0.2) is 18.0 Å². The van der Waals surface area contributed by atoms with Gasteiger partial charge in [0, 0.05) is 5.02 Å². The second kappa shape index (κ2) is 4.52. The van der Waals surface area contributed by atoms with E-state index in [9.17, 15) is 9.18 Å². The molecule has 16 heavy (non-hydrogen) atoms. The number of benzene rings is 1. The van der Waals surface area contributed by atoms with E-state index in [2.05, 4.69) is 0 Å². The molecule has 0 bridgehead atoms. The summed E-state index contributed by atoms with van der Waals surface area (Å²) in [5, 5.41) is 0.287. The lowest BCUT2D eigenvalue weighted by molar-refractivity contribution is 0.0430. The van der Waals surface area contributed by atoms with Crippen LogP contribution >= 0.6 is 11.6 Å². The van der Waals surface area contributed by atoms with E-state index in [0.29, 0.717) is 6.42 Å². The molecule has 0 N–H and O–H groups in total. The Hall–Kier alpha value is -0.930. The molecular weight excluding hydrogens is 231 g/mol. The molecule has 2 nitrogen and oxygen atoms in total. The van der Waals surface area contributed by atoms with Crippen molar-refractivity contribution < 1.29 is 13.9 Å². The van der Waals surface area contributed by atoms with Crippen molar-refractivity contribution in [2.45, 2.75) is 32.0 Å². The van der Waals surface area contributed by atoms with Crippen molar-refractivity contribution in [1.82, 2.24) is 0 Å². The fourth-order valence-electron chi connectivity index (χ4n) is 1.86. The van der Waals surface area contributed by atoms with Crippen LogP contribution in [0.1, 0.15) is 30.1 Å². The van der Waals surface area contributed by atoms with Crippen LogP contribution in [0.15, 0.2) is 18.2 Å². The fourth-order valence-corrected chi connectivity index (χ4v) is 2.02. The predicted octanol–water partition coefficient (Wildman–Crippen LogP) is 3.23. The standard InChI is InChI=1S/C12H12ClFO2/c1-7-2-5-11(16-7)12(15)9-4-3-8(13)6-10(9)14/h3-4,6-7,11H,2,5H2,1H3. The number of ketones is 1. The molecule has 0 spiro atoms. The first-order valence-corrected chi connectivity index (χ1v) is 5.60. The normalized spacial score (nSPS) is 24.7. The van der Waals surface area contributed by atoms with Gasteiger partial charge in [-0.3, -0.25) is 4.79 Å². The van der Waals surface area contributed by atoms with Gasteiger partial charge in [0.05, 0.1) is 11.7 Å². The molecule has 0 aliphatic carbocycles. The summed E-state index contributed by atoms with van der Waals surface area (Å²) in [4.78, 5) is 11.9. The Labute approximate surface area is 98.4 Å². The van der Waals surface area contributed by atoms with Crippen molar-refractivity contribution in [2.75, 3.05) is 0 Å². The van der Waals surface area contributed by atoms with Gasteiger partial charge in [0.2, 0.25) is 0 Å². The van der Waals surface area contributed by atoms with Gasteiger partial charge in [-0.25, -0.2) is 4.39 Å².